The van der Waals surface area contributed by atoms with Gasteiger partial charge in [0.05, 0.1) is 5.69 Å². The zero-order chi connectivity index (χ0) is 14.7. The molecule has 4 nitrogen and oxygen atoms in total. The zero-order valence-electron chi connectivity index (χ0n) is 12.3. The minimum absolute atomic E-state index is 0.172. The Kier molecular flexibility index (Phi) is 4.06. The van der Waals surface area contributed by atoms with Gasteiger partial charge in [-0.2, -0.15) is 0 Å². The number of anilines is 1. The average Bonchev–Trinajstić information content (AvgIpc) is 2.92. The van der Waals surface area contributed by atoms with E-state index >= 15 is 0 Å². The summed E-state index contributed by atoms with van der Waals surface area (Å²) < 4.78 is 5.98. The van der Waals surface area contributed by atoms with E-state index < -0.39 is 0 Å². The number of rotatable bonds is 4. The molecule has 1 aromatic heterocycles. The molecule has 0 bridgehead atoms. The van der Waals surface area contributed by atoms with Gasteiger partial charge in [-0.3, -0.25) is 4.90 Å². The molecule has 0 spiro atoms. The summed E-state index contributed by atoms with van der Waals surface area (Å²) in [7, 11) is 0. The molecule has 2 N–H and O–H groups in total. The normalized spacial score (nSPS) is 18.8. The van der Waals surface area contributed by atoms with Crippen molar-refractivity contribution in [2.24, 2.45) is 0 Å². The Balaban J connectivity index is 1.59. The van der Waals surface area contributed by atoms with E-state index in [-0.39, 0.29) is 6.10 Å². The van der Waals surface area contributed by atoms with Crippen molar-refractivity contribution in [1.29, 1.82) is 0 Å². The van der Waals surface area contributed by atoms with Crippen LogP contribution in [0.15, 0.2) is 42.6 Å². The molecule has 0 saturated carbocycles. The summed E-state index contributed by atoms with van der Waals surface area (Å²) in [6, 6.07) is 12.4. The standard InChI is InChI=1S/C17H21N3O/c1-13-7-9-19-17(16(13)18)21-15-8-10-20(12-15)11-14-5-3-2-4-6-14/h2-7,9,15H,8,10-12,18H2,1H3. The molecule has 1 aromatic carbocycles. The van der Waals surface area contributed by atoms with Gasteiger partial charge in [0.1, 0.15) is 6.10 Å². The molecular weight excluding hydrogens is 262 g/mol. The van der Waals surface area contributed by atoms with Crippen molar-refractivity contribution in [3.05, 3.63) is 53.7 Å². The number of hydrogen-bond donors (Lipinski definition) is 1. The van der Waals surface area contributed by atoms with Gasteiger partial charge in [-0.25, -0.2) is 4.98 Å². The molecule has 21 heavy (non-hydrogen) atoms. The van der Waals surface area contributed by atoms with Gasteiger partial charge in [0.15, 0.2) is 0 Å². The van der Waals surface area contributed by atoms with Gasteiger partial charge in [-0.15, -0.1) is 0 Å². The predicted molar refractivity (Wildman–Crippen MR) is 84.1 cm³/mol. The summed E-state index contributed by atoms with van der Waals surface area (Å²) in [6.45, 7) is 4.91. The Morgan fingerprint density at radius 1 is 1.29 bits per heavy atom. The van der Waals surface area contributed by atoms with Gasteiger partial charge in [-0.1, -0.05) is 30.3 Å². The lowest BCUT2D eigenvalue weighted by Gasteiger charge is -2.17. The summed E-state index contributed by atoms with van der Waals surface area (Å²) in [5, 5.41) is 0. The van der Waals surface area contributed by atoms with Crippen LogP contribution in [0.1, 0.15) is 17.5 Å². The highest BCUT2D eigenvalue weighted by molar-refractivity contribution is 5.53. The van der Waals surface area contributed by atoms with Gasteiger partial charge >= 0.3 is 0 Å². The molecule has 1 atom stereocenters. The van der Waals surface area contributed by atoms with Crippen LogP contribution in [0, 0.1) is 6.92 Å². The maximum Gasteiger partial charge on any atom is 0.237 e. The second-order valence-electron chi connectivity index (χ2n) is 5.60. The number of hydrogen-bond acceptors (Lipinski definition) is 4. The Morgan fingerprint density at radius 2 is 2.10 bits per heavy atom. The third kappa shape index (κ3) is 3.34. The molecule has 1 aliphatic heterocycles. The minimum Gasteiger partial charge on any atom is -0.471 e. The van der Waals surface area contributed by atoms with E-state index in [4.69, 9.17) is 10.5 Å². The average molecular weight is 283 g/mol. The number of pyridine rings is 1. The molecule has 1 saturated heterocycles. The van der Waals surface area contributed by atoms with Gasteiger partial charge in [0.2, 0.25) is 5.88 Å². The summed E-state index contributed by atoms with van der Waals surface area (Å²) in [5.74, 6) is 0.571. The first kappa shape index (κ1) is 13.9. The highest BCUT2D eigenvalue weighted by Gasteiger charge is 2.25. The fraction of sp³-hybridized carbons (Fsp3) is 0.353. The van der Waals surface area contributed by atoms with Crippen LogP contribution >= 0.6 is 0 Å². The highest BCUT2D eigenvalue weighted by atomic mass is 16.5. The van der Waals surface area contributed by atoms with E-state index in [1.165, 1.54) is 5.56 Å². The quantitative estimate of drug-likeness (QED) is 0.937. The van der Waals surface area contributed by atoms with Crippen LogP contribution in [0.5, 0.6) is 5.88 Å². The number of nitrogens with two attached hydrogens (primary N) is 1. The van der Waals surface area contributed by atoms with E-state index in [9.17, 15) is 0 Å². The van der Waals surface area contributed by atoms with E-state index in [1.807, 2.05) is 19.1 Å². The lowest BCUT2D eigenvalue weighted by Crippen LogP contribution is -2.25. The fourth-order valence-electron chi connectivity index (χ4n) is 2.68. The van der Waals surface area contributed by atoms with Gasteiger partial charge in [-0.05, 0) is 30.5 Å². The topological polar surface area (TPSA) is 51.4 Å². The van der Waals surface area contributed by atoms with Gasteiger partial charge in [0, 0.05) is 25.8 Å². The molecule has 4 heteroatoms. The fourth-order valence-corrected chi connectivity index (χ4v) is 2.68. The largest absolute Gasteiger partial charge is 0.471 e. The van der Waals surface area contributed by atoms with Crippen LogP contribution in [-0.2, 0) is 6.54 Å². The Bertz CT molecular complexity index is 600. The third-order valence-corrected chi connectivity index (χ3v) is 3.93. The van der Waals surface area contributed by atoms with Crippen LogP contribution < -0.4 is 10.5 Å². The predicted octanol–water partition coefficient (Wildman–Crippen LogP) is 2.63. The monoisotopic (exact) mass is 283 g/mol. The van der Waals surface area contributed by atoms with Crippen molar-refractivity contribution in [2.75, 3.05) is 18.8 Å². The molecule has 1 aliphatic rings. The van der Waals surface area contributed by atoms with Crippen molar-refractivity contribution in [2.45, 2.75) is 26.0 Å². The van der Waals surface area contributed by atoms with Crippen LogP contribution in [0.2, 0.25) is 0 Å². The van der Waals surface area contributed by atoms with Crippen molar-refractivity contribution in [3.63, 3.8) is 0 Å². The van der Waals surface area contributed by atoms with Crippen LogP contribution in [-0.4, -0.2) is 29.1 Å². The number of nitrogen functional groups attached to an aromatic ring is 1. The van der Waals surface area contributed by atoms with Crippen LogP contribution in [0.25, 0.3) is 0 Å². The lowest BCUT2D eigenvalue weighted by atomic mass is 10.2. The van der Waals surface area contributed by atoms with Crippen molar-refractivity contribution < 1.29 is 4.74 Å². The molecule has 110 valence electrons. The molecule has 0 radical (unpaired) electrons. The third-order valence-electron chi connectivity index (χ3n) is 3.93. The summed E-state index contributed by atoms with van der Waals surface area (Å²) in [6.07, 6.45) is 2.94. The first-order valence-electron chi connectivity index (χ1n) is 7.36. The second-order valence-corrected chi connectivity index (χ2v) is 5.60. The minimum atomic E-state index is 0.172. The van der Waals surface area contributed by atoms with Crippen molar-refractivity contribution in [1.82, 2.24) is 9.88 Å². The Morgan fingerprint density at radius 3 is 2.90 bits per heavy atom. The number of likely N-dealkylation sites (tertiary alicyclic amines) is 1. The van der Waals surface area contributed by atoms with Crippen molar-refractivity contribution in [3.8, 4) is 5.88 Å². The number of aryl methyl sites for hydroxylation is 1. The molecule has 1 unspecified atom stereocenters. The smallest absolute Gasteiger partial charge is 0.237 e. The molecule has 1 fully saturated rings. The van der Waals surface area contributed by atoms with Crippen LogP contribution in [0.3, 0.4) is 0 Å². The summed E-state index contributed by atoms with van der Waals surface area (Å²) in [4.78, 5) is 6.65. The SMILES string of the molecule is Cc1ccnc(OC2CCN(Cc3ccccc3)C2)c1N. The number of ether oxygens (including phenoxy) is 1. The first-order chi connectivity index (χ1) is 10.2. The Labute approximate surface area is 125 Å². The molecule has 0 aliphatic carbocycles. The second kappa shape index (κ2) is 6.14. The molecule has 2 aromatic rings. The molecular formula is C17H21N3O. The zero-order valence-corrected chi connectivity index (χ0v) is 12.3. The van der Waals surface area contributed by atoms with Crippen molar-refractivity contribution >= 4 is 5.69 Å². The molecule has 3 rings (SSSR count). The molecule has 2 heterocycles. The number of aromatic nitrogens is 1. The Hall–Kier alpha value is -2.07. The lowest BCUT2D eigenvalue weighted by molar-refractivity contribution is 0.192. The maximum absolute atomic E-state index is 6.02. The number of benzene rings is 1. The summed E-state index contributed by atoms with van der Waals surface area (Å²) in [5.41, 5.74) is 9.02. The van der Waals surface area contributed by atoms with E-state index in [0.29, 0.717) is 11.6 Å². The summed E-state index contributed by atoms with van der Waals surface area (Å²) >= 11 is 0. The van der Waals surface area contributed by atoms with Gasteiger partial charge < -0.3 is 10.5 Å². The van der Waals surface area contributed by atoms with E-state index in [0.717, 1.165) is 31.6 Å². The van der Waals surface area contributed by atoms with E-state index in [1.54, 1.807) is 6.20 Å². The number of nitrogens with zero attached hydrogens (tertiary/aromatic N) is 2. The van der Waals surface area contributed by atoms with Crippen LogP contribution in [0.4, 0.5) is 5.69 Å². The first-order valence-corrected chi connectivity index (χ1v) is 7.36. The highest BCUT2D eigenvalue weighted by Crippen LogP contribution is 2.25. The van der Waals surface area contributed by atoms with Gasteiger partial charge in [0.25, 0.3) is 0 Å². The van der Waals surface area contributed by atoms with E-state index in [2.05, 4.69) is 34.1 Å². The molecule has 0 amide bonds. The maximum atomic E-state index is 6.02.